The van der Waals surface area contributed by atoms with Crippen molar-refractivity contribution in [2.75, 3.05) is 6.54 Å². The molecule has 0 saturated carbocycles. The summed E-state index contributed by atoms with van der Waals surface area (Å²) in [5.41, 5.74) is 0. The Hall–Kier alpha value is -0.0500. The van der Waals surface area contributed by atoms with Crippen molar-refractivity contribution in [3.63, 3.8) is 0 Å². The highest BCUT2D eigenvalue weighted by Gasteiger charge is 2.12. The molecule has 3 heteroatoms. The van der Waals surface area contributed by atoms with Crippen molar-refractivity contribution in [1.29, 1.82) is 0 Å². The first-order valence-corrected chi connectivity index (χ1v) is 6.05. The van der Waals surface area contributed by atoms with Gasteiger partial charge in [0, 0.05) is 6.54 Å². The Kier molecular flexibility index (Phi) is 8.51. The van der Waals surface area contributed by atoms with Crippen LogP contribution in [0.3, 0.4) is 0 Å². The molecular weight excluding hydrogens is 230 g/mol. The van der Waals surface area contributed by atoms with Crippen molar-refractivity contribution >= 4 is 21.8 Å². The molecule has 0 bridgehead atoms. The number of rotatable bonds is 7. The van der Waals surface area contributed by atoms with E-state index < -0.39 is 0 Å². The first-order valence-electron chi connectivity index (χ1n) is 5.14. The molecular formula is C10H20BrNO. The molecule has 1 unspecified atom stereocenters. The van der Waals surface area contributed by atoms with Crippen LogP contribution in [0.1, 0.15) is 46.0 Å². The van der Waals surface area contributed by atoms with Crippen LogP contribution < -0.4 is 5.32 Å². The molecule has 0 saturated heterocycles. The first kappa shape index (κ1) is 12.9. The molecule has 0 aliphatic carbocycles. The van der Waals surface area contributed by atoms with Crippen LogP contribution in [0.25, 0.3) is 0 Å². The van der Waals surface area contributed by atoms with Crippen molar-refractivity contribution in [1.82, 2.24) is 5.32 Å². The predicted octanol–water partition coefficient (Wildman–Crippen LogP) is 2.86. The van der Waals surface area contributed by atoms with Gasteiger partial charge in [-0.25, -0.2) is 0 Å². The number of carbonyl (C=O) groups is 1. The molecule has 0 heterocycles. The Morgan fingerprint density at radius 2 is 1.92 bits per heavy atom. The standard InChI is InChI=1S/C10H20BrNO/c1-3-5-7-9(11)10(13)12-8-6-4-2/h9H,3-8H2,1-2H3,(H,12,13). The molecule has 1 amide bonds. The maximum atomic E-state index is 11.4. The molecule has 0 aliphatic heterocycles. The zero-order chi connectivity index (χ0) is 10.1. The summed E-state index contributed by atoms with van der Waals surface area (Å²) in [6, 6.07) is 0. The van der Waals surface area contributed by atoms with E-state index in [1.165, 1.54) is 0 Å². The summed E-state index contributed by atoms with van der Waals surface area (Å²) in [5.74, 6) is 0.141. The van der Waals surface area contributed by atoms with E-state index in [9.17, 15) is 4.79 Å². The fourth-order valence-corrected chi connectivity index (χ4v) is 1.50. The summed E-state index contributed by atoms with van der Waals surface area (Å²) < 4.78 is 0. The van der Waals surface area contributed by atoms with Crippen LogP contribution in [0.15, 0.2) is 0 Å². The summed E-state index contributed by atoms with van der Waals surface area (Å²) in [6.45, 7) is 5.06. The molecule has 0 spiro atoms. The minimum Gasteiger partial charge on any atom is -0.355 e. The van der Waals surface area contributed by atoms with E-state index >= 15 is 0 Å². The average molecular weight is 250 g/mol. The van der Waals surface area contributed by atoms with Gasteiger partial charge in [-0.3, -0.25) is 4.79 Å². The van der Waals surface area contributed by atoms with Gasteiger partial charge >= 0.3 is 0 Å². The molecule has 0 radical (unpaired) electrons. The van der Waals surface area contributed by atoms with E-state index in [1.54, 1.807) is 0 Å². The second-order valence-corrected chi connectivity index (χ2v) is 4.36. The van der Waals surface area contributed by atoms with E-state index in [1.807, 2.05) is 0 Å². The summed E-state index contributed by atoms with van der Waals surface area (Å²) in [6.07, 6.45) is 5.39. The highest BCUT2D eigenvalue weighted by molar-refractivity contribution is 9.10. The van der Waals surface area contributed by atoms with E-state index in [2.05, 4.69) is 35.1 Å². The van der Waals surface area contributed by atoms with Crippen LogP contribution in [-0.4, -0.2) is 17.3 Å². The van der Waals surface area contributed by atoms with E-state index in [-0.39, 0.29) is 10.7 Å². The highest BCUT2D eigenvalue weighted by atomic mass is 79.9. The molecule has 0 aromatic rings. The third-order valence-corrected chi connectivity index (χ3v) is 2.80. The zero-order valence-corrected chi connectivity index (χ0v) is 10.2. The minimum absolute atomic E-state index is 0.00399. The minimum atomic E-state index is 0.00399. The largest absolute Gasteiger partial charge is 0.355 e. The van der Waals surface area contributed by atoms with Crippen LogP contribution in [0.5, 0.6) is 0 Å². The van der Waals surface area contributed by atoms with E-state index in [0.717, 1.165) is 38.6 Å². The first-order chi connectivity index (χ1) is 6.22. The maximum absolute atomic E-state index is 11.4. The van der Waals surface area contributed by atoms with Gasteiger partial charge in [0.05, 0.1) is 4.83 Å². The number of unbranched alkanes of at least 4 members (excludes halogenated alkanes) is 2. The predicted molar refractivity (Wildman–Crippen MR) is 60.2 cm³/mol. The molecule has 0 aliphatic rings. The molecule has 2 nitrogen and oxygen atoms in total. The maximum Gasteiger partial charge on any atom is 0.233 e. The second-order valence-electron chi connectivity index (χ2n) is 3.25. The van der Waals surface area contributed by atoms with Crippen molar-refractivity contribution in [2.45, 2.75) is 50.8 Å². The lowest BCUT2D eigenvalue weighted by atomic mass is 10.2. The summed E-state index contributed by atoms with van der Waals surface area (Å²) in [4.78, 5) is 11.4. The lowest BCUT2D eigenvalue weighted by Gasteiger charge is -2.09. The van der Waals surface area contributed by atoms with Crippen LogP contribution >= 0.6 is 15.9 Å². The van der Waals surface area contributed by atoms with Gasteiger partial charge in [-0.15, -0.1) is 0 Å². The van der Waals surface area contributed by atoms with Crippen LogP contribution in [-0.2, 0) is 4.79 Å². The van der Waals surface area contributed by atoms with Gasteiger partial charge in [0.2, 0.25) is 5.91 Å². The van der Waals surface area contributed by atoms with Gasteiger partial charge < -0.3 is 5.32 Å². The summed E-state index contributed by atoms with van der Waals surface area (Å²) in [7, 11) is 0. The van der Waals surface area contributed by atoms with Crippen molar-refractivity contribution in [2.24, 2.45) is 0 Å². The molecule has 0 rings (SSSR count). The molecule has 13 heavy (non-hydrogen) atoms. The average Bonchev–Trinajstić information content (AvgIpc) is 2.14. The Morgan fingerprint density at radius 1 is 1.31 bits per heavy atom. The molecule has 0 fully saturated rings. The SMILES string of the molecule is CCCCNC(=O)C(Br)CCCC. The fourth-order valence-electron chi connectivity index (χ4n) is 1.01. The number of alkyl halides is 1. The molecule has 1 N–H and O–H groups in total. The Labute approximate surface area is 89.6 Å². The smallest absolute Gasteiger partial charge is 0.233 e. The van der Waals surface area contributed by atoms with Gasteiger partial charge in [-0.05, 0) is 12.8 Å². The second kappa shape index (κ2) is 8.54. The van der Waals surface area contributed by atoms with Gasteiger partial charge in [0.25, 0.3) is 0 Å². The normalized spacial score (nSPS) is 12.5. The Morgan fingerprint density at radius 3 is 2.46 bits per heavy atom. The zero-order valence-electron chi connectivity index (χ0n) is 8.61. The lowest BCUT2D eigenvalue weighted by Crippen LogP contribution is -2.31. The fraction of sp³-hybridized carbons (Fsp3) is 0.900. The van der Waals surface area contributed by atoms with Gasteiger partial charge in [0.1, 0.15) is 0 Å². The lowest BCUT2D eigenvalue weighted by molar-refractivity contribution is -0.120. The van der Waals surface area contributed by atoms with Gasteiger partial charge in [0.15, 0.2) is 0 Å². The van der Waals surface area contributed by atoms with Gasteiger partial charge in [-0.2, -0.15) is 0 Å². The number of carbonyl (C=O) groups excluding carboxylic acids is 1. The number of amides is 1. The molecule has 1 atom stereocenters. The third-order valence-electron chi connectivity index (χ3n) is 1.93. The van der Waals surface area contributed by atoms with Crippen molar-refractivity contribution in [3.05, 3.63) is 0 Å². The number of hydrogen-bond donors (Lipinski definition) is 1. The summed E-state index contributed by atoms with van der Waals surface area (Å²) in [5, 5.41) is 2.91. The van der Waals surface area contributed by atoms with Crippen LogP contribution in [0.4, 0.5) is 0 Å². The van der Waals surface area contributed by atoms with Crippen LogP contribution in [0.2, 0.25) is 0 Å². The van der Waals surface area contributed by atoms with Crippen molar-refractivity contribution in [3.8, 4) is 0 Å². The summed E-state index contributed by atoms with van der Waals surface area (Å²) >= 11 is 3.38. The number of nitrogens with one attached hydrogen (secondary N) is 1. The van der Waals surface area contributed by atoms with Gasteiger partial charge in [-0.1, -0.05) is 49.0 Å². The monoisotopic (exact) mass is 249 g/mol. The quantitative estimate of drug-likeness (QED) is 0.546. The van der Waals surface area contributed by atoms with E-state index in [0.29, 0.717) is 0 Å². The molecule has 78 valence electrons. The molecule has 0 aromatic carbocycles. The number of hydrogen-bond acceptors (Lipinski definition) is 1. The Bertz CT molecular complexity index is 139. The number of halogens is 1. The highest BCUT2D eigenvalue weighted by Crippen LogP contribution is 2.09. The topological polar surface area (TPSA) is 29.1 Å². The Balaban J connectivity index is 3.45. The van der Waals surface area contributed by atoms with Crippen LogP contribution in [0, 0.1) is 0 Å². The molecule has 0 aromatic heterocycles. The van der Waals surface area contributed by atoms with Crippen molar-refractivity contribution < 1.29 is 4.79 Å². The van der Waals surface area contributed by atoms with E-state index in [4.69, 9.17) is 0 Å². The third kappa shape index (κ3) is 7.05.